The van der Waals surface area contributed by atoms with Gasteiger partial charge in [-0.3, -0.25) is 14.4 Å². The van der Waals surface area contributed by atoms with E-state index in [2.05, 4.69) is 10.6 Å². The van der Waals surface area contributed by atoms with Crippen LogP contribution in [0.1, 0.15) is 58.8 Å². The Hall–Kier alpha value is -1.85. The molecule has 7 N–H and O–H groups in total. The number of hydrogen-bond donors (Lipinski definition) is 5. The van der Waals surface area contributed by atoms with Gasteiger partial charge in [-0.25, -0.2) is 4.79 Å². The highest BCUT2D eigenvalue weighted by molar-refractivity contribution is 7.98. The first kappa shape index (κ1) is 29.2. The maximum atomic E-state index is 13.3. The maximum absolute atomic E-state index is 13.3. The van der Waals surface area contributed by atoms with Crippen molar-refractivity contribution in [1.82, 2.24) is 15.5 Å². The molecule has 1 saturated heterocycles. The Morgan fingerprint density at radius 2 is 1.82 bits per heavy atom. The van der Waals surface area contributed by atoms with Crippen molar-refractivity contribution in [3.63, 3.8) is 0 Å². The van der Waals surface area contributed by atoms with E-state index in [1.807, 2.05) is 20.1 Å². The fraction of sp³-hybridized carbons (Fsp3) is 0.818. The molecule has 0 aromatic rings. The summed E-state index contributed by atoms with van der Waals surface area (Å²) in [5.74, 6) is -1.41. The van der Waals surface area contributed by atoms with Crippen molar-refractivity contribution in [2.45, 2.75) is 83.0 Å². The molecule has 190 valence electrons. The van der Waals surface area contributed by atoms with Gasteiger partial charge < -0.3 is 32.1 Å². The Balaban J connectivity index is 2.88. The van der Waals surface area contributed by atoms with Crippen molar-refractivity contribution in [3.8, 4) is 0 Å². The van der Waals surface area contributed by atoms with E-state index in [0.717, 1.165) is 0 Å². The van der Waals surface area contributed by atoms with Crippen molar-refractivity contribution in [1.29, 1.82) is 0 Å². The fourth-order valence-electron chi connectivity index (χ4n) is 3.91. The number of amides is 3. The molecule has 11 heteroatoms. The summed E-state index contributed by atoms with van der Waals surface area (Å²) in [5, 5.41) is 14.8. The lowest BCUT2D eigenvalue weighted by Crippen LogP contribution is -2.57. The molecular weight excluding hydrogens is 446 g/mol. The molecule has 0 aromatic heterocycles. The number of carboxylic acids is 1. The molecule has 4 unspecified atom stereocenters. The largest absolute Gasteiger partial charge is 0.480 e. The van der Waals surface area contributed by atoms with Crippen LogP contribution in [0.4, 0.5) is 0 Å². The minimum absolute atomic E-state index is 0.241. The number of carbonyl (C=O) groups excluding carboxylic acids is 3. The van der Waals surface area contributed by atoms with E-state index in [0.29, 0.717) is 57.4 Å². The van der Waals surface area contributed by atoms with Crippen molar-refractivity contribution in [2.75, 3.05) is 25.1 Å². The second-order valence-electron chi connectivity index (χ2n) is 8.95. The quantitative estimate of drug-likeness (QED) is 0.205. The standard InChI is InChI=1S/C22H41N5O5S/c1-14(2)13-15(24)19(28)25-16(9-12-33-3)21(30)27-11-6-8-18(27)20(29)26-17(22(31)32)7-4-5-10-23/h14-18H,4-13,23-24H2,1-3H3,(H,25,28)(H,26,29)(H,31,32). The summed E-state index contributed by atoms with van der Waals surface area (Å²) in [6, 6.07) is -3.28. The first-order chi connectivity index (χ1) is 15.6. The molecule has 1 fully saturated rings. The third-order valence-electron chi connectivity index (χ3n) is 5.69. The molecule has 0 bridgehead atoms. The first-order valence-corrected chi connectivity index (χ1v) is 13.1. The number of carbonyl (C=O) groups is 4. The zero-order valence-electron chi connectivity index (χ0n) is 20.0. The monoisotopic (exact) mass is 487 g/mol. The highest BCUT2D eigenvalue weighted by atomic mass is 32.2. The van der Waals surface area contributed by atoms with E-state index in [-0.39, 0.29) is 24.2 Å². The number of thioether (sulfide) groups is 1. The van der Waals surface area contributed by atoms with Gasteiger partial charge in [0, 0.05) is 6.54 Å². The van der Waals surface area contributed by atoms with E-state index in [4.69, 9.17) is 11.5 Å². The molecule has 1 aliphatic heterocycles. The van der Waals surface area contributed by atoms with Gasteiger partial charge in [0.1, 0.15) is 18.1 Å². The number of nitrogens with zero attached hydrogens (tertiary/aromatic N) is 1. The highest BCUT2D eigenvalue weighted by Crippen LogP contribution is 2.20. The predicted molar refractivity (Wildman–Crippen MR) is 130 cm³/mol. The predicted octanol–water partition coefficient (Wildman–Crippen LogP) is 0.287. The number of nitrogens with one attached hydrogen (secondary N) is 2. The van der Waals surface area contributed by atoms with Crippen LogP contribution in [0.5, 0.6) is 0 Å². The van der Waals surface area contributed by atoms with E-state index < -0.39 is 36.0 Å². The number of aliphatic carboxylic acids is 1. The number of likely N-dealkylation sites (tertiary alicyclic amines) is 1. The lowest BCUT2D eigenvalue weighted by molar-refractivity contribution is -0.145. The van der Waals surface area contributed by atoms with Gasteiger partial charge in [0.05, 0.1) is 6.04 Å². The van der Waals surface area contributed by atoms with Crippen LogP contribution in [0.2, 0.25) is 0 Å². The van der Waals surface area contributed by atoms with E-state index in [9.17, 15) is 24.3 Å². The van der Waals surface area contributed by atoms with Gasteiger partial charge in [-0.1, -0.05) is 13.8 Å². The van der Waals surface area contributed by atoms with Crippen LogP contribution < -0.4 is 22.1 Å². The number of hydrogen-bond acceptors (Lipinski definition) is 7. The Bertz CT molecular complexity index is 663. The Morgan fingerprint density at radius 1 is 1.12 bits per heavy atom. The summed E-state index contributed by atoms with van der Waals surface area (Å²) in [4.78, 5) is 51.8. The second-order valence-corrected chi connectivity index (χ2v) is 9.94. The molecule has 0 spiro atoms. The van der Waals surface area contributed by atoms with Crippen LogP contribution in [-0.2, 0) is 19.2 Å². The Morgan fingerprint density at radius 3 is 2.39 bits per heavy atom. The Labute approximate surface area is 200 Å². The topological polar surface area (TPSA) is 168 Å². The summed E-state index contributed by atoms with van der Waals surface area (Å²) in [6.07, 6.45) is 5.44. The molecule has 1 heterocycles. The lowest BCUT2D eigenvalue weighted by atomic mass is 10.0. The van der Waals surface area contributed by atoms with Crippen LogP contribution >= 0.6 is 11.8 Å². The molecule has 10 nitrogen and oxygen atoms in total. The van der Waals surface area contributed by atoms with Gasteiger partial charge in [0.25, 0.3) is 0 Å². The van der Waals surface area contributed by atoms with Gasteiger partial charge in [-0.2, -0.15) is 11.8 Å². The minimum Gasteiger partial charge on any atom is -0.480 e. The van der Waals surface area contributed by atoms with Crippen LogP contribution in [0.3, 0.4) is 0 Å². The lowest BCUT2D eigenvalue weighted by Gasteiger charge is -2.30. The summed E-state index contributed by atoms with van der Waals surface area (Å²) in [5.41, 5.74) is 11.5. The van der Waals surface area contributed by atoms with Crippen LogP contribution in [0.25, 0.3) is 0 Å². The van der Waals surface area contributed by atoms with E-state index in [1.165, 1.54) is 4.90 Å². The number of nitrogens with two attached hydrogens (primary N) is 2. The molecule has 1 rings (SSSR count). The third kappa shape index (κ3) is 9.89. The minimum atomic E-state index is -1.11. The molecule has 0 saturated carbocycles. The number of unbranched alkanes of at least 4 members (excludes halogenated alkanes) is 1. The van der Waals surface area contributed by atoms with E-state index in [1.54, 1.807) is 11.8 Å². The van der Waals surface area contributed by atoms with Gasteiger partial charge in [-0.05, 0) is 69.4 Å². The van der Waals surface area contributed by atoms with Crippen LogP contribution in [0.15, 0.2) is 0 Å². The average Bonchev–Trinajstić information content (AvgIpc) is 3.24. The van der Waals surface area contributed by atoms with Crippen molar-refractivity contribution in [3.05, 3.63) is 0 Å². The van der Waals surface area contributed by atoms with E-state index >= 15 is 0 Å². The number of carboxylic acid groups (broad SMARTS) is 1. The van der Waals surface area contributed by atoms with Crippen LogP contribution in [-0.4, -0.2) is 83.0 Å². The van der Waals surface area contributed by atoms with Gasteiger partial charge >= 0.3 is 5.97 Å². The van der Waals surface area contributed by atoms with Crippen molar-refractivity contribution in [2.24, 2.45) is 17.4 Å². The smallest absolute Gasteiger partial charge is 0.326 e. The van der Waals surface area contributed by atoms with Crippen LogP contribution in [0, 0.1) is 5.92 Å². The molecule has 1 aliphatic rings. The van der Waals surface area contributed by atoms with Crippen molar-refractivity contribution < 1.29 is 24.3 Å². The summed E-state index contributed by atoms with van der Waals surface area (Å²) >= 11 is 1.56. The third-order valence-corrected chi connectivity index (χ3v) is 6.33. The van der Waals surface area contributed by atoms with Gasteiger partial charge in [0.2, 0.25) is 17.7 Å². The maximum Gasteiger partial charge on any atom is 0.326 e. The summed E-state index contributed by atoms with van der Waals surface area (Å²) in [6.45, 7) is 4.77. The molecule has 0 aromatic carbocycles. The van der Waals surface area contributed by atoms with Gasteiger partial charge in [-0.15, -0.1) is 0 Å². The zero-order chi connectivity index (χ0) is 25.0. The highest BCUT2D eigenvalue weighted by Gasteiger charge is 2.39. The first-order valence-electron chi connectivity index (χ1n) is 11.7. The van der Waals surface area contributed by atoms with Gasteiger partial charge in [0.15, 0.2) is 0 Å². The normalized spacial score (nSPS) is 18.6. The average molecular weight is 488 g/mol. The Kier molecular flexibility index (Phi) is 13.4. The zero-order valence-corrected chi connectivity index (χ0v) is 20.9. The molecule has 33 heavy (non-hydrogen) atoms. The molecular formula is C22H41N5O5S. The summed E-state index contributed by atoms with van der Waals surface area (Å²) in [7, 11) is 0. The second kappa shape index (κ2) is 15.1. The molecule has 0 aliphatic carbocycles. The summed E-state index contributed by atoms with van der Waals surface area (Å²) < 4.78 is 0. The fourth-order valence-corrected chi connectivity index (χ4v) is 4.38. The van der Waals surface area contributed by atoms with Crippen molar-refractivity contribution >= 4 is 35.5 Å². The SMILES string of the molecule is CSCCC(NC(=O)C(N)CC(C)C)C(=O)N1CCCC1C(=O)NC(CCCCN)C(=O)O. The molecule has 0 radical (unpaired) electrons. The molecule has 4 atom stereocenters. The number of rotatable bonds is 15. The molecule has 3 amide bonds.